The molecule has 0 saturated carbocycles. The van der Waals surface area contributed by atoms with E-state index in [0.29, 0.717) is 51.9 Å². The van der Waals surface area contributed by atoms with Crippen LogP contribution in [0.1, 0.15) is 67.3 Å². The van der Waals surface area contributed by atoms with Gasteiger partial charge in [-0.3, -0.25) is 19.4 Å². The molecule has 2 heterocycles. The van der Waals surface area contributed by atoms with Gasteiger partial charge in [0.1, 0.15) is 0 Å². The predicted octanol–water partition coefficient (Wildman–Crippen LogP) is 4.60. The number of rotatable bonds is 8. The van der Waals surface area contributed by atoms with Gasteiger partial charge in [0.05, 0.1) is 5.69 Å². The molecular weight excluding hydrogens is 513 g/mol. The minimum atomic E-state index is -0.333. The molecule has 1 aromatic carbocycles. The number of nitrogens with two attached hydrogens (primary N) is 2. The summed E-state index contributed by atoms with van der Waals surface area (Å²) in [5, 5.41) is 0.968. The molecule has 1 aliphatic heterocycles. The van der Waals surface area contributed by atoms with Crippen LogP contribution >= 0.6 is 23.2 Å². The van der Waals surface area contributed by atoms with Gasteiger partial charge in [-0.05, 0) is 44.5 Å². The summed E-state index contributed by atoms with van der Waals surface area (Å²) in [6.07, 6.45) is 3.42. The van der Waals surface area contributed by atoms with Gasteiger partial charge in [-0.25, -0.2) is 0 Å². The third-order valence-corrected chi connectivity index (χ3v) is 6.28. The van der Waals surface area contributed by atoms with Crippen LogP contribution in [0.5, 0.6) is 0 Å². The van der Waals surface area contributed by atoms with Gasteiger partial charge in [-0.2, -0.15) is 0 Å². The lowest BCUT2D eigenvalue weighted by Gasteiger charge is -2.22. The first-order chi connectivity index (χ1) is 17.6. The normalized spacial score (nSPS) is 12.4. The summed E-state index contributed by atoms with van der Waals surface area (Å²) < 4.78 is 0. The first kappa shape index (κ1) is 32.5. The van der Waals surface area contributed by atoms with Crippen LogP contribution in [0.2, 0.25) is 10.0 Å². The Balaban J connectivity index is 0.00000104. The largest absolute Gasteiger partial charge is 0.370 e. The van der Waals surface area contributed by atoms with Crippen LogP contribution in [-0.2, 0) is 22.7 Å². The molecule has 1 aromatic heterocycles. The Morgan fingerprint density at radius 2 is 1.78 bits per heavy atom. The maximum Gasteiger partial charge on any atom is 0.223 e. The molecule has 204 valence electrons. The van der Waals surface area contributed by atoms with Gasteiger partial charge >= 0.3 is 0 Å². The quantitative estimate of drug-likeness (QED) is 0.462. The van der Waals surface area contributed by atoms with Gasteiger partial charge < -0.3 is 21.3 Å². The van der Waals surface area contributed by atoms with Crippen LogP contribution in [0.3, 0.4) is 0 Å². The van der Waals surface area contributed by atoms with E-state index < -0.39 is 0 Å². The molecule has 10 heteroatoms. The van der Waals surface area contributed by atoms with E-state index in [-0.39, 0.29) is 18.4 Å². The molecule has 0 bridgehead atoms. The van der Waals surface area contributed by atoms with Crippen LogP contribution in [0.4, 0.5) is 0 Å². The molecule has 3 rings (SSSR count). The van der Waals surface area contributed by atoms with Crippen molar-refractivity contribution in [3.63, 3.8) is 0 Å². The van der Waals surface area contributed by atoms with E-state index in [4.69, 9.17) is 28.9 Å². The summed E-state index contributed by atoms with van der Waals surface area (Å²) in [4.78, 5) is 42.4. The van der Waals surface area contributed by atoms with Crippen LogP contribution in [0.25, 0.3) is 11.1 Å². The fourth-order valence-corrected chi connectivity index (χ4v) is 4.56. The SMILES string of the molecule is CC.CC(N)=O.Cc1nc(CN(C)CCC(=O)N2CCCC2)c(C=O)c(-c2ccc(Cl)cc2Cl)c1CN. The van der Waals surface area contributed by atoms with E-state index in [9.17, 15) is 14.4 Å². The van der Waals surface area contributed by atoms with Crippen LogP contribution < -0.4 is 11.5 Å². The van der Waals surface area contributed by atoms with Crippen molar-refractivity contribution >= 4 is 41.3 Å². The Morgan fingerprint density at radius 3 is 2.30 bits per heavy atom. The van der Waals surface area contributed by atoms with Gasteiger partial charge in [0.25, 0.3) is 0 Å². The Bertz CT molecular complexity index is 1070. The highest BCUT2D eigenvalue weighted by atomic mass is 35.5. The van der Waals surface area contributed by atoms with Gasteiger partial charge in [0.2, 0.25) is 11.8 Å². The Labute approximate surface area is 230 Å². The molecule has 4 N–H and O–H groups in total. The lowest BCUT2D eigenvalue weighted by Crippen LogP contribution is -2.31. The van der Waals surface area contributed by atoms with Crippen LogP contribution in [-0.4, -0.2) is 59.6 Å². The van der Waals surface area contributed by atoms with E-state index in [2.05, 4.69) is 10.7 Å². The highest BCUT2D eigenvalue weighted by molar-refractivity contribution is 6.36. The number of benzene rings is 1. The van der Waals surface area contributed by atoms with E-state index in [1.165, 1.54) is 6.92 Å². The molecule has 2 aromatic rings. The second-order valence-corrected chi connectivity index (χ2v) is 9.39. The number of primary amides is 1. The molecule has 0 radical (unpaired) electrons. The molecule has 0 atom stereocenters. The topological polar surface area (TPSA) is 123 Å². The van der Waals surface area contributed by atoms with E-state index in [1.54, 1.807) is 18.2 Å². The Morgan fingerprint density at radius 1 is 1.19 bits per heavy atom. The zero-order valence-electron chi connectivity index (χ0n) is 22.4. The van der Waals surface area contributed by atoms with E-state index in [1.807, 2.05) is 37.6 Å². The fourth-order valence-electron chi connectivity index (χ4n) is 4.06. The lowest BCUT2D eigenvalue weighted by molar-refractivity contribution is -0.130. The summed E-state index contributed by atoms with van der Waals surface area (Å²) in [6.45, 7) is 10.1. The smallest absolute Gasteiger partial charge is 0.223 e. The number of pyridine rings is 1. The first-order valence-electron chi connectivity index (χ1n) is 12.4. The summed E-state index contributed by atoms with van der Waals surface area (Å²) in [5.41, 5.74) is 14.5. The fraction of sp³-hybridized carbons (Fsp3) is 0.481. The van der Waals surface area contributed by atoms with Crippen LogP contribution in [0.15, 0.2) is 18.2 Å². The average Bonchev–Trinajstić information content (AvgIpc) is 3.38. The van der Waals surface area contributed by atoms with Crippen molar-refractivity contribution in [3.05, 3.63) is 50.8 Å². The maximum absolute atomic E-state index is 12.4. The zero-order valence-corrected chi connectivity index (χ0v) is 24.0. The van der Waals surface area contributed by atoms with E-state index in [0.717, 1.165) is 43.5 Å². The first-order valence-corrected chi connectivity index (χ1v) is 13.2. The number of carbonyl (C=O) groups is 3. The second-order valence-electron chi connectivity index (χ2n) is 8.54. The van der Waals surface area contributed by atoms with Crippen molar-refractivity contribution in [3.8, 4) is 11.1 Å². The summed E-state index contributed by atoms with van der Waals surface area (Å²) in [6, 6.07) is 5.19. The molecule has 1 saturated heterocycles. The third kappa shape index (κ3) is 9.70. The molecule has 1 aliphatic rings. The minimum absolute atomic E-state index is 0.177. The number of aromatic nitrogens is 1. The number of nitrogens with zero attached hydrogens (tertiary/aromatic N) is 3. The number of hydrogen-bond donors (Lipinski definition) is 2. The Hall–Kier alpha value is -2.52. The van der Waals surface area contributed by atoms with E-state index >= 15 is 0 Å². The third-order valence-electron chi connectivity index (χ3n) is 5.73. The van der Waals surface area contributed by atoms with Crippen LogP contribution in [0, 0.1) is 6.92 Å². The molecule has 0 unspecified atom stereocenters. The van der Waals surface area contributed by atoms with Crippen molar-refractivity contribution in [2.75, 3.05) is 26.7 Å². The highest BCUT2D eigenvalue weighted by Crippen LogP contribution is 2.36. The second kappa shape index (κ2) is 16.3. The number of amides is 2. The average molecular weight is 553 g/mol. The molecule has 1 fully saturated rings. The molecule has 0 aliphatic carbocycles. The molecule has 2 amide bonds. The predicted molar refractivity (Wildman–Crippen MR) is 151 cm³/mol. The Kier molecular flexibility index (Phi) is 14.4. The number of carbonyl (C=O) groups excluding carboxylic acids is 3. The summed E-state index contributed by atoms with van der Waals surface area (Å²) in [5.74, 6) is -0.156. The monoisotopic (exact) mass is 551 g/mol. The van der Waals surface area contributed by atoms with Crippen molar-refractivity contribution in [2.45, 2.75) is 60.0 Å². The minimum Gasteiger partial charge on any atom is -0.370 e. The standard InChI is InChI=1S/C23H28Cl2N4O2.C2H5NO.C2H6/c1-15-18(12-26)23(17-6-5-16(24)11-20(17)25)19(14-30)21(27-15)13-28(2)10-7-22(31)29-8-3-4-9-29;1-2(3)4;1-2/h5-6,11,14H,3-4,7-10,12-13,26H2,1-2H3;1H3,(H2,3,4);1-2H3. The maximum atomic E-state index is 12.4. The van der Waals surface area contributed by atoms with Gasteiger partial charge in [-0.1, -0.05) is 43.1 Å². The molecule has 37 heavy (non-hydrogen) atoms. The number of aryl methyl sites for hydroxylation is 1. The van der Waals surface area contributed by atoms with Gasteiger partial charge in [-0.15, -0.1) is 0 Å². The molecule has 0 spiro atoms. The summed E-state index contributed by atoms with van der Waals surface area (Å²) in [7, 11) is 1.93. The number of aldehydes is 1. The molecule has 8 nitrogen and oxygen atoms in total. The number of hydrogen-bond acceptors (Lipinski definition) is 6. The van der Waals surface area contributed by atoms with Crippen molar-refractivity contribution in [1.82, 2.24) is 14.8 Å². The zero-order chi connectivity index (χ0) is 28.1. The van der Waals surface area contributed by atoms with Crippen molar-refractivity contribution < 1.29 is 14.4 Å². The number of halogens is 2. The van der Waals surface area contributed by atoms with Gasteiger partial charge in [0, 0.05) is 78.5 Å². The molecular formula is C27H39Cl2N5O3. The highest BCUT2D eigenvalue weighted by Gasteiger charge is 2.22. The van der Waals surface area contributed by atoms with Crippen molar-refractivity contribution in [1.29, 1.82) is 0 Å². The van der Waals surface area contributed by atoms with Crippen molar-refractivity contribution in [2.24, 2.45) is 11.5 Å². The lowest BCUT2D eigenvalue weighted by atomic mass is 9.92. The van der Waals surface area contributed by atoms with Gasteiger partial charge in [0.15, 0.2) is 6.29 Å². The number of likely N-dealkylation sites (tertiary alicyclic amines) is 1. The summed E-state index contributed by atoms with van der Waals surface area (Å²) >= 11 is 12.5.